The molecule has 57 heavy (non-hydrogen) atoms. The number of amides is 4. The average molecular weight is 822 g/mol. The summed E-state index contributed by atoms with van der Waals surface area (Å²) in [7, 11) is 1.42. The number of allylic oxidation sites excluding steroid dienone is 2. The van der Waals surface area contributed by atoms with Crippen molar-refractivity contribution in [3.63, 3.8) is 0 Å². The second kappa shape index (κ2) is 14.1. The minimum Gasteiger partial charge on any atom is -0.508 e. The number of benzene rings is 3. The van der Waals surface area contributed by atoms with Crippen LogP contribution in [-0.4, -0.2) is 62.4 Å². The fourth-order valence-electron chi connectivity index (χ4n) is 9.21. The fourth-order valence-corrected chi connectivity index (χ4v) is 9.55. The predicted molar refractivity (Wildman–Crippen MR) is 200 cm³/mol. The van der Waals surface area contributed by atoms with Crippen molar-refractivity contribution in [1.82, 2.24) is 14.9 Å². The Balaban J connectivity index is 1.26. The number of alkyl halides is 3. The second-order valence-electron chi connectivity index (χ2n) is 14.6. The maximum absolute atomic E-state index is 15.3. The highest BCUT2D eigenvalue weighted by molar-refractivity contribution is 6.33. The summed E-state index contributed by atoms with van der Waals surface area (Å²) in [4.78, 5) is 63.6. The number of hydrogen-bond donors (Lipinski definition) is 3. The molecule has 3 heterocycles. The molecule has 2 aliphatic heterocycles. The van der Waals surface area contributed by atoms with Crippen molar-refractivity contribution in [3.8, 4) is 17.2 Å². The predicted octanol–water partition coefficient (Wildman–Crippen LogP) is 7.05. The number of fused-ring (bicyclic) bond motifs is 4. The van der Waals surface area contributed by atoms with Crippen LogP contribution in [0.1, 0.15) is 41.0 Å². The van der Waals surface area contributed by atoms with Crippen molar-refractivity contribution in [3.05, 3.63) is 123 Å². The third kappa shape index (κ3) is 6.16. The number of imide groups is 2. The van der Waals surface area contributed by atoms with Crippen molar-refractivity contribution >= 4 is 52.6 Å². The Morgan fingerprint density at radius 1 is 0.930 bits per heavy atom. The molecule has 0 spiro atoms. The Kier molecular flexibility index (Phi) is 9.47. The van der Waals surface area contributed by atoms with Crippen LogP contribution in [-0.2, 0) is 37.2 Å². The second-order valence-corrected chi connectivity index (χ2v) is 15.4. The van der Waals surface area contributed by atoms with E-state index in [2.05, 4.69) is 10.4 Å². The number of aromatic hydroxyl groups is 2. The van der Waals surface area contributed by atoms with E-state index in [9.17, 15) is 37.8 Å². The molecule has 0 bridgehead atoms. The van der Waals surface area contributed by atoms with E-state index < -0.39 is 75.3 Å². The molecule has 1 saturated carbocycles. The van der Waals surface area contributed by atoms with Gasteiger partial charge < -0.3 is 14.9 Å². The summed E-state index contributed by atoms with van der Waals surface area (Å²) in [6.45, 7) is 0.0777. The van der Waals surface area contributed by atoms with E-state index >= 15 is 4.79 Å². The molecule has 3 aromatic carbocycles. The van der Waals surface area contributed by atoms with Crippen LogP contribution in [0, 0.1) is 23.7 Å². The minimum atomic E-state index is -4.77. The number of phenolic OH excluding ortho intramolecular Hbond substituents is 2. The lowest BCUT2D eigenvalue weighted by atomic mass is 9.49. The van der Waals surface area contributed by atoms with Crippen molar-refractivity contribution in [2.75, 3.05) is 19.1 Å². The largest absolute Gasteiger partial charge is 0.508 e. The van der Waals surface area contributed by atoms with Crippen LogP contribution in [0.4, 0.5) is 19.0 Å². The topological polar surface area (TPSA) is 149 Å². The molecule has 4 aromatic rings. The van der Waals surface area contributed by atoms with Gasteiger partial charge in [-0.1, -0.05) is 65.2 Å². The zero-order chi connectivity index (χ0) is 40.6. The average Bonchev–Trinajstić information content (AvgIpc) is 3.55. The molecule has 3 N–H and O–H groups in total. The first-order valence-electron chi connectivity index (χ1n) is 18.0. The van der Waals surface area contributed by atoms with Crippen molar-refractivity contribution < 1.29 is 47.3 Å². The van der Waals surface area contributed by atoms with Gasteiger partial charge in [0.1, 0.15) is 17.2 Å². The van der Waals surface area contributed by atoms with Crippen molar-refractivity contribution in [1.29, 1.82) is 0 Å². The first-order chi connectivity index (χ1) is 27.1. The molecule has 294 valence electrons. The van der Waals surface area contributed by atoms with Crippen LogP contribution in [0.25, 0.3) is 0 Å². The van der Waals surface area contributed by atoms with Gasteiger partial charge in [0.05, 0.1) is 40.9 Å². The van der Waals surface area contributed by atoms with Gasteiger partial charge in [0.15, 0.2) is 5.82 Å². The van der Waals surface area contributed by atoms with Gasteiger partial charge >= 0.3 is 6.18 Å². The highest BCUT2D eigenvalue weighted by Gasteiger charge is 2.70. The lowest BCUT2D eigenvalue weighted by Crippen LogP contribution is -2.53. The highest BCUT2D eigenvalue weighted by Crippen LogP contribution is 2.65. The van der Waals surface area contributed by atoms with Crippen LogP contribution in [0.5, 0.6) is 17.2 Å². The summed E-state index contributed by atoms with van der Waals surface area (Å²) in [5, 5.41) is 21.9. The molecule has 0 radical (unpaired) electrons. The molecular formula is C41H33Cl2F3N4O7. The smallest absolute Gasteiger partial charge is 0.417 e. The summed E-state index contributed by atoms with van der Waals surface area (Å²) in [6.07, 6.45) is -2.02. The number of methoxy groups -OCH3 is 1. The molecule has 4 aliphatic rings. The number of carbonyl (C=O) groups is 4. The molecule has 3 fully saturated rings. The number of phenols is 2. The summed E-state index contributed by atoms with van der Waals surface area (Å²) < 4.78 is 45.8. The Morgan fingerprint density at radius 3 is 2.30 bits per heavy atom. The van der Waals surface area contributed by atoms with E-state index in [1.165, 1.54) is 30.2 Å². The van der Waals surface area contributed by atoms with Gasteiger partial charge in [0, 0.05) is 35.3 Å². The Bertz CT molecular complexity index is 2360. The fraction of sp³-hybridized carbons (Fsp3) is 0.293. The van der Waals surface area contributed by atoms with Gasteiger partial charge in [-0.3, -0.25) is 29.5 Å². The van der Waals surface area contributed by atoms with Crippen LogP contribution in [0.3, 0.4) is 0 Å². The maximum Gasteiger partial charge on any atom is 0.417 e. The number of pyridine rings is 1. The highest BCUT2D eigenvalue weighted by atomic mass is 35.5. The maximum atomic E-state index is 15.3. The quantitative estimate of drug-likeness (QED) is 0.126. The number of aromatic nitrogens is 1. The van der Waals surface area contributed by atoms with Crippen molar-refractivity contribution in [2.24, 2.45) is 23.7 Å². The molecule has 8 rings (SSSR count). The summed E-state index contributed by atoms with van der Waals surface area (Å²) >= 11 is 12.6. The summed E-state index contributed by atoms with van der Waals surface area (Å²) in [5.74, 6) is -7.42. The SMILES string of the molecule is COc1ccc([C@H]2C3=CC[C@@H]4C(=O)N(CCc5ccc(O)cc5)C(=O)[C@@H]4[C@@H]3C[C@H]3C(=O)N(Nc4ncc(C(F)(F)F)cc4Cl)C(=O)[C@@]23c2ccc(Cl)cc2)c(O)c1. The monoisotopic (exact) mass is 820 g/mol. The third-order valence-corrected chi connectivity index (χ3v) is 12.3. The molecule has 0 unspecified atom stereocenters. The molecule has 11 nitrogen and oxygen atoms in total. The Morgan fingerprint density at radius 2 is 1.65 bits per heavy atom. The number of nitrogens with one attached hydrogen (secondary N) is 1. The van der Waals surface area contributed by atoms with E-state index in [1.54, 1.807) is 48.5 Å². The molecule has 2 aliphatic carbocycles. The van der Waals surface area contributed by atoms with E-state index in [0.717, 1.165) is 5.56 Å². The lowest BCUT2D eigenvalue weighted by molar-refractivity contribution is -0.141. The number of halogens is 5. The van der Waals surface area contributed by atoms with Gasteiger partial charge in [0.2, 0.25) is 11.8 Å². The molecule has 2 saturated heterocycles. The number of rotatable bonds is 8. The first kappa shape index (κ1) is 38.3. The number of anilines is 1. The molecule has 4 amide bonds. The normalized spacial score (nSPS) is 25.6. The van der Waals surface area contributed by atoms with E-state index in [1.807, 2.05) is 6.08 Å². The summed E-state index contributed by atoms with van der Waals surface area (Å²) in [6, 6.07) is 17.9. The van der Waals surface area contributed by atoms with Crippen molar-refractivity contribution in [2.45, 2.75) is 36.8 Å². The zero-order valence-electron chi connectivity index (χ0n) is 30.0. The molecule has 6 atom stereocenters. The van der Waals surface area contributed by atoms with Gasteiger partial charge in [0.25, 0.3) is 11.8 Å². The standard InChI is InChI=1S/C41H33Cl2F3N4O7/c1-57-25-10-11-27(32(52)17-25)34-26-12-13-28-33(38(55)49(36(28)53)15-14-20-2-8-24(51)9-3-20)29(26)18-30-37(54)50(39(56)40(30,34)21-4-6-23(42)7-5-21)48-35-31(43)16-22(19-47-35)41(44,45)46/h2-12,16-17,19,28-30,33-34,51-52H,13-15,18H2,1H3,(H,47,48)/t28-,29+,30-,33-,34+,40+/m0/s1. The van der Waals surface area contributed by atoms with Crippen LogP contribution >= 0.6 is 23.2 Å². The molecule has 16 heteroatoms. The lowest BCUT2D eigenvalue weighted by Gasteiger charge is -2.50. The number of carbonyl (C=O) groups excluding carboxylic acids is 4. The molecule has 1 aromatic heterocycles. The van der Waals surface area contributed by atoms with Gasteiger partial charge in [-0.15, -0.1) is 0 Å². The van der Waals surface area contributed by atoms with Crippen LogP contribution in [0.2, 0.25) is 10.0 Å². The number of nitrogens with zero attached hydrogens (tertiary/aromatic N) is 3. The van der Waals surface area contributed by atoms with Gasteiger partial charge in [-0.25, -0.2) is 4.98 Å². The van der Waals surface area contributed by atoms with Gasteiger partial charge in [-0.2, -0.15) is 18.2 Å². The Labute approximate surface area is 333 Å². The Hall–Kier alpha value is -5.60. The first-order valence-corrected chi connectivity index (χ1v) is 18.7. The number of hydrogen-bond acceptors (Lipinski definition) is 9. The zero-order valence-corrected chi connectivity index (χ0v) is 31.5. The summed E-state index contributed by atoms with van der Waals surface area (Å²) in [5.41, 5.74) is 1.58. The minimum absolute atomic E-state index is 0.0774. The van der Waals surface area contributed by atoms with E-state index in [0.29, 0.717) is 45.6 Å². The van der Waals surface area contributed by atoms with Gasteiger partial charge in [-0.05, 0) is 72.7 Å². The molecular weight excluding hydrogens is 788 g/mol. The van der Waals surface area contributed by atoms with Crippen LogP contribution < -0.4 is 10.2 Å². The number of ether oxygens (including phenoxy) is 1. The number of likely N-dealkylation sites (tertiary alicyclic amines) is 1. The number of hydrazine groups is 1. The third-order valence-electron chi connectivity index (χ3n) is 11.8. The van der Waals surface area contributed by atoms with E-state index in [-0.39, 0.29) is 42.4 Å². The van der Waals surface area contributed by atoms with Crippen LogP contribution in [0.15, 0.2) is 90.6 Å². The van der Waals surface area contributed by atoms with E-state index in [4.69, 9.17) is 27.9 Å².